The molecule has 5 atom stereocenters. The summed E-state index contributed by atoms with van der Waals surface area (Å²) in [5.41, 5.74) is 14.0. The number of carboxylic acids is 1. The van der Waals surface area contributed by atoms with Crippen LogP contribution in [0.4, 0.5) is 0 Å². The van der Waals surface area contributed by atoms with Crippen molar-refractivity contribution in [3.05, 3.63) is 71.3 Å². The fourth-order valence-corrected chi connectivity index (χ4v) is 5.49. The third-order valence-electron chi connectivity index (χ3n) is 9.05. The van der Waals surface area contributed by atoms with E-state index >= 15 is 0 Å². The number of carbonyl (C=O) groups is 7. The molecule has 0 bridgehead atoms. The Labute approximate surface area is 326 Å². The maximum atomic E-state index is 13.5. The molecule has 17 heteroatoms. The van der Waals surface area contributed by atoms with Crippen LogP contribution in [-0.4, -0.2) is 94.0 Å². The van der Waals surface area contributed by atoms with Crippen molar-refractivity contribution in [1.29, 1.82) is 0 Å². The van der Waals surface area contributed by atoms with Crippen molar-refractivity contribution in [3.63, 3.8) is 0 Å². The Morgan fingerprint density at radius 3 is 1.80 bits per heavy atom. The topological polar surface area (TPSA) is 292 Å². The van der Waals surface area contributed by atoms with Gasteiger partial charge in [0.15, 0.2) is 0 Å². The largest absolute Gasteiger partial charge is 0.508 e. The van der Waals surface area contributed by atoms with E-state index in [0.717, 1.165) is 19.3 Å². The number of carbonyl (C=O) groups excluding carboxylic acids is 6. The number of nitrogens with two attached hydrogens (primary N) is 2. The third kappa shape index (κ3) is 17.9. The Hall–Kier alpha value is -5.97. The van der Waals surface area contributed by atoms with Crippen LogP contribution in [0.25, 0.3) is 0 Å². The molecule has 2 rings (SSSR count). The summed E-state index contributed by atoms with van der Waals surface area (Å²) in [4.78, 5) is 88.3. The summed E-state index contributed by atoms with van der Waals surface area (Å²) in [7, 11) is 0. The smallest absolute Gasteiger partial charge is 0.326 e. The number of phenols is 2. The van der Waals surface area contributed by atoms with Gasteiger partial charge in [-0.05, 0) is 74.4 Å². The van der Waals surface area contributed by atoms with E-state index in [9.17, 15) is 48.9 Å². The monoisotopic (exact) mass is 781 g/mol. The maximum absolute atomic E-state index is 13.5. The molecular weight excluding hydrogens is 726 g/mol. The van der Waals surface area contributed by atoms with Gasteiger partial charge in [0, 0.05) is 38.3 Å². The van der Waals surface area contributed by atoms with Crippen LogP contribution in [0.3, 0.4) is 0 Å². The van der Waals surface area contributed by atoms with Crippen LogP contribution in [0, 0.1) is 5.92 Å². The van der Waals surface area contributed by atoms with Crippen LogP contribution in [-0.2, 0) is 46.4 Å². The van der Waals surface area contributed by atoms with Gasteiger partial charge in [-0.3, -0.25) is 28.8 Å². The van der Waals surface area contributed by atoms with Crippen molar-refractivity contribution >= 4 is 41.4 Å². The van der Waals surface area contributed by atoms with Crippen LogP contribution in [0.1, 0.15) is 70.4 Å². The van der Waals surface area contributed by atoms with Gasteiger partial charge >= 0.3 is 5.97 Å². The number of benzene rings is 2. The average Bonchev–Trinajstić information content (AvgIpc) is 3.14. The fourth-order valence-electron chi connectivity index (χ4n) is 5.49. The lowest BCUT2D eigenvalue weighted by atomic mass is 9.93. The third-order valence-corrected chi connectivity index (χ3v) is 9.05. The van der Waals surface area contributed by atoms with Crippen LogP contribution < -0.4 is 38.1 Å². The summed E-state index contributed by atoms with van der Waals surface area (Å²) < 4.78 is 0. The molecule has 0 spiro atoms. The van der Waals surface area contributed by atoms with Gasteiger partial charge in [-0.25, -0.2) is 4.79 Å². The van der Waals surface area contributed by atoms with Crippen molar-refractivity contribution in [3.8, 4) is 11.5 Å². The summed E-state index contributed by atoms with van der Waals surface area (Å²) in [5.74, 6) is -5.82. The molecule has 0 aliphatic carbocycles. The summed E-state index contributed by atoms with van der Waals surface area (Å²) in [6.07, 6.45) is 3.50. The first kappa shape index (κ1) is 46.2. The van der Waals surface area contributed by atoms with Gasteiger partial charge in [0.2, 0.25) is 35.4 Å². The number of aromatic hydroxyl groups is 2. The van der Waals surface area contributed by atoms with E-state index in [4.69, 9.17) is 11.5 Å². The first-order valence-corrected chi connectivity index (χ1v) is 18.3. The number of aliphatic carboxylic acids is 1. The van der Waals surface area contributed by atoms with Crippen molar-refractivity contribution in [2.24, 2.45) is 17.4 Å². The van der Waals surface area contributed by atoms with Gasteiger partial charge < -0.3 is 53.4 Å². The summed E-state index contributed by atoms with van der Waals surface area (Å²) in [6.45, 7) is 5.18. The molecule has 0 aromatic heterocycles. The predicted molar refractivity (Wildman–Crippen MR) is 207 cm³/mol. The van der Waals surface area contributed by atoms with Crippen LogP contribution >= 0.6 is 0 Å². The number of hydrogen-bond donors (Lipinski definition) is 10. The first-order chi connectivity index (χ1) is 26.5. The molecule has 2 aromatic carbocycles. The Morgan fingerprint density at radius 2 is 1.27 bits per heavy atom. The van der Waals surface area contributed by atoms with Gasteiger partial charge in [-0.1, -0.05) is 42.8 Å². The molecule has 2 aromatic rings. The van der Waals surface area contributed by atoms with E-state index in [1.165, 1.54) is 54.1 Å². The van der Waals surface area contributed by atoms with Crippen molar-refractivity contribution < 1.29 is 48.9 Å². The molecule has 5 unspecified atom stereocenters. The normalized spacial score (nSPS) is 13.9. The number of rotatable bonds is 24. The van der Waals surface area contributed by atoms with Crippen LogP contribution in [0.15, 0.2) is 60.2 Å². The van der Waals surface area contributed by atoms with Crippen molar-refractivity contribution in [1.82, 2.24) is 26.6 Å². The molecule has 306 valence electrons. The van der Waals surface area contributed by atoms with Gasteiger partial charge in [0.05, 0.1) is 13.0 Å². The minimum atomic E-state index is -1.44. The molecule has 17 nitrogen and oxygen atoms in total. The molecule has 0 heterocycles. The molecule has 12 N–H and O–H groups in total. The van der Waals surface area contributed by atoms with Gasteiger partial charge in [0.1, 0.15) is 29.6 Å². The molecular formula is C39H55N7O10. The van der Waals surface area contributed by atoms with Crippen molar-refractivity contribution in [2.45, 2.75) is 96.3 Å². The zero-order valence-electron chi connectivity index (χ0n) is 32.0. The molecule has 0 aliphatic rings. The standard InChI is InChI=1S/C39H55N7O10/c1-4-23(2)6-5-7-24(3)29(40)20-35(51)44-31(21-33(41)49)38(54)46-30(18-25-8-12-27(47)13-9-25)37(53)43-22-36(52)42-17-16-34(50)45-32(39(55)56)19-26-10-14-28(48)15-11-26/h4,8-15,24,29-32,47-48H,5-7,16-22,40H2,1-3H3,(H2,41,49)(H,42,52)(H,43,53)(H,44,51)(H,45,50)(H,46,54)(H,55,56). The van der Waals surface area contributed by atoms with Gasteiger partial charge in [-0.2, -0.15) is 0 Å². The Balaban J connectivity index is 2.00. The lowest BCUT2D eigenvalue weighted by Crippen LogP contribution is -2.56. The van der Waals surface area contributed by atoms with Crippen molar-refractivity contribution in [2.75, 3.05) is 13.1 Å². The lowest BCUT2D eigenvalue weighted by Gasteiger charge is -2.24. The minimum absolute atomic E-state index is 0.00616. The summed E-state index contributed by atoms with van der Waals surface area (Å²) in [5, 5.41) is 40.9. The zero-order valence-corrected chi connectivity index (χ0v) is 32.0. The highest BCUT2D eigenvalue weighted by atomic mass is 16.4. The number of nitrogens with one attached hydrogen (secondary N) is 5. The van der Waals surface area contributed by atoms with E-state index in [1.54, 1.807) is 0 Å². The molecule has 0 saturated carbocycles. The summed E-state index contributed by atoms with van der Waals surface area (Å²) in [6, 6.07) is 7.09. The van der Waals surface area contributed by atoms with E-state index in [0.29, 0.717) is 11.1 Å². The number of hydrogen-bond acceptors (Lipinski definition) is 10. The highest BCUT2D eigenvalue weighted by Crippen LogP contribution is 2.17. The van der Waals surface area contributed by atoms with Gasteiger partial charge in [-0.15, -0.1) is 0 Å². The number of allylic oxidation sites excluding steroid dienone is 2. The van der Waals surface area contributed by atoms with E-state index in [1.807, 2.05) is 26.8 Å². The number of primary amides is 1. The van der Waals surface area contributed by atoms with E-state index in [-0.39, 0.29) is 49.6 Å². The molecule has 56 heavy (non-hydrogen) atoms. The van der Waals surface area contributed by atoms with Crippen LogP contribution in [0.5, 0.6) is 11.5 Å². The van der Waals surface area contributed by atoms with Crippen LogP contribution in [0.2, 0.25) is 0 Å². The molecule has 0 fully saturated rings. The highest BCUT2D eigenvalue weighted by molar-refractivity contribution is 5.95. The second kappa shape index (κ2) is 23.7. The maximum Gasteiger partial charge on any atom is 0.326 e. The zero-order chi connectivity index (χ0) is 41.8. The molecule has 0 saturated heterocycles. The Kier molecular flexibility index (Phi) is 19.6. The second-order valence-electron chi connectivity index (χ2n) is 13.7. The van der Waals surface area contributed by atoms with E-state index < -0.39 is 78.5 Å². The SMILES string of the molecule is CC=C(C)CCCC(C)C(N)CC(=O)NC(CC(N)=O)C(=O)NC(Cc1ccc(O)cc1)C(=O)NCC(=O)NCCC(=O)NC(Cc1ccc(O)cc1)C(=O)O. The van der Waals surface area contributed by atoms with E-state index in [2.05, 4.69) is 26.6 Å². The van der Waals surface area contributed by atoms with Gasteiger partial charge in [0.25, 0.3) is 0 Å². The average molecular weight is 782 g/mol. The predicted octanol–water partition coefficient (Wildman–Crippen LogP) is 0.410. The quantitative estimate of drug-likeness (QED) is 0.0651. The Morgan fingerprint density at radius 1 is 0.714 bits per heavy atom. The minimum Gasteiger partial charge on any atom is -0.508 e. The Bertz CT molecular complexity index is 1680. The molecule has 6 amide bonds. The first-order valence-electron chi connectivity index (χ1n) is 18.3. The fraction of sp³-hybridized carbons (Fsp3) is 0.462. The summed E-state index contributed by atoms with van der Waals surface area (Å²) >= 11 is 0. The number of phenolic OH excluding ortho intramolecular Hbond substituents is 2. The number of carboxylic acid groups (broad SMARTS) is 1. The second-order valence-corrected chi connectivity index (χ2v) is 13.7. The highest BCUT2D eigenvalue weighted by Gasteiger charge is 2.29. The lowest BCUT2D eigenvalue weighted by molar-refractivity contribution is -0.141. The molecule has 0 radical (unpaired) electrons. The molecule has 0 aliphatic heterocycles. The number of amides is 6.